The normalized spacial score (nSPS) is 18.0. The molecule has 1 unspecified atom stereocenters. The summed E-state index contributed by atoms with van der Waals surface area (Å²) in [5.74, 6) is 0.0252. The molecule has 1 aliphatic heterocycles. The summed E-state index contributed by atoms with van der Waals surface area (Å²) >= 11 is 4.21. The molecule has 7 heteroatoms. The van der Waals surface area contributed by atoms with Gasteiger partial charge >= 0.3 is 5.97 Å². The molecule has 0 radical (unpaired) electrons. The van der Waals surface area contributed by atoms with Gasteiger partial charge in [0.2, 0.25) is 5.91 Å². The lowest BCUT2D eigenvalue weighted by Gasteiger charge is -2.21. The molecule has 1 atom stereocenters. The summed E-state index contributed by atoms with van der Waals surface area (Å²) in [6.45, 7) is 0.443. The highest BCUT2D eigenvalue weighted by Gasteiger charge is 2.33. The maximum atomic E-state index is 12.1. The van der Waals surface area contributed by atoms with Gasteiger partial charge in [-0.25, -0.2) is 4.79 Å². The van der Waals surface area contributed by atoms with Gasteiger partial charge in [-0.1, -0.05) is 0 Å². The van der Waals surface area contributed by atoms with Crippen molar-refractivity contribution in [1.82, 2.24) is 0 Å². The molecule has 1 aromatic rings. The molecule has 0 saturated carbocycles. The van der Waals surface area contributed by atoms with Crippen molar-refractivity contribution in [2.45, 2.75) is 6.42 Å². The number of carbonyl (C=O) groups is 2. The van der Waals surface area contributed by atoms with Gasteiger partial charge in [0.1, 0.15) is 17.1 Å². The van der Waals surface area contributed by atoms with Crippen molar-refractivity contribution in [3.05, 3.63) is 17.7 Å². The van der Waals surface area contributed by atoms with Crippen LogP contribution in [0.25, 0.3) is 0 Å². The number of carboxylic acid groups (broad SMARTS) is 1. The largest absolute Gasteiger partial charge is 0.497 e. The number of carboxylic acids is 1. The number of nitrogens with zero attached hydrogens (tertiary/aromatic N) is 1. The van der Waals surface area contributed by atoms with Gasteiger partial charge in [-0.05, 0) is 11.7 Å². The Kier molecular flexibility index (Phi) is 4.62. The van der Waals surface area contributed by atoms with Crippen LogP contribution >= 0.6 is 12.6 Å². The van der Waals surface area contributed by atoms with Crippen LogP contribution in [0.5, 0.6) is 11.5 Å². The highest BCUT2D eigenvalue weighted by Crippen LogP contribution is 2.37. The van der Waals surface area contributed by atoms with Crippen molar-refractivity contribution in [2.75, 3.05) is 31.4 Å². The zero-order valence-corrected chi connectivity index (χ0v) is 12.7. The first-order valence-corrected chi connectivity index (χ1v) is 7.05. The van der Waals surface area contributed by atoms with Crippen LogP contribution in [0.1, 0.15) is 16.8 Å². The molecule has 6 nitrogen and oxygen atoms in total. The number of benzene rings is 1. The van der Waals surface area contributed by atoms with Crippen molar-refractivity contribution in [3.63, 3.8) is 0 Å². The van der Waals surface area contributed by atoms with E-state index in [2.05, 4.69) is 12.6 Å². The lowest BCUT2D eigenvalue weighted by atomic mass is 10.1. The van der Waals surface area contributed by atoms with Crippen LogP contribution in [0.15, 0.2) is 12.1 Å². The van der Waals surface area contributed by atoms with Gasteiger partial charge < -0.3 is 19.5 Å². The summed E-state index contributed by atoms with van der Waals surface area (Å²) in [6.07, 6.45) is 0.363. The van der Waals surface area contributed by atoms with Crippen LogP contribution in [0.4, 0.5) is 5.69 Å². The molecular formula is C14H17NO5S. The average molecular weight is 311 g/mol. The summed E-state index contributed by atoms with van der Waals surface area (Å²) in [5.41, 5.74) is 0.263. The van der Waals surface area contributed by atoms with Crippen LogP contribution in [-0.4, -0.2) is 43.5 Å². The van der Waals surface area contributed by atoms with E-state index in [0.717, 1.165) is 0 Å². The first-order valence-electron chi connectivity index (χ1n) is 6.42. The predicted octanol–water partition coefficient (Wildman–Crippen LogP) is 1.68. The monoisotopic (exact) mass is 311 g/mol. The van der Waals surface area contributed by atoms with Gasteiger partial charge in [-0.15, -0.1) is 0 Å². The number of aromatic carboxylic acids is 1. The van der Waals surface area contributed by atoms with Crippen LogP contribution in [0.2, 0.25) is 0 Å². The average Bonchev–Trinajstić information content (AvgIpc) is 2.86. The molecule has 0 spiro atoms. The van der Waals surface area contributed by atoms with E-state index in [1.807, 2.05) is 0 Å². The zero-order chi connectivity index (χ0) is 15.6. The number of carbonyl (C=O) groups excluding carboxylic acids is 1. The SMILES string of the molecule is COc1cc(OC)c(C(=O)O)c(N2CC(CS)CC2=O)c1. The number of anilines is 1. The van der Waals surface area contributed by atoms with E-state index in [9.17, 15) is 14.7 Å². The molecule has 0 bridgehead atoms. The fraction of sp³-hybridized carbons (Fsp3) is 0.429. The smallest absolute Gasteiger partial charge is 0.341 e. The molecule has 114 valence electrons. The summed E-state index contributed by atoms with van der Waals surface area (Å²) < 4.78 is 10.3. The van der Waals surface area contributed by atoms with E-state index in [1.54, 1.807) is 6.07 Å². The van der Waals surface area contributed by atoms with Gasteiger partial charge in [-0.2, -0.15) is 12.6 Å². The number of hydrogen-bond acceptors (Lipinski definition) is 5. The molecule has 2 rings (SSSR count). The molecule has 1 fully saturated rings. The highest BCUT2D eigenvalue weighted by molar-refractivity contribution is 7.80. The number of hydrogen-bond donors (Lipinski definition) is 2. The predicted molar refractivity (Wildman–Crippen MR) is 80.8 cm³/mol. The van der Waals surface area contributed by atoms with Gasteiger partial charge in [0, 0.05) is 25.1 Å². The van der Waals surface area contributed by atoms with Crippen molar-refractivity contribution in [1.29, 1.82) is 0 Å². The summed E-state index contributed by atoms with van der Waals surface area (Å²) in [7, 11) is 2.86. The molecule has 1 N–H and O–H groups in total. The molecule has 21 heavy (non-hydrogen) atoms. The van der Waals surface area contributed by atoms with E-state index in [4.69, 9.17) is 9.47 Å². The van der Waals surface area contributed by atoms with E-state index < -0.39 is 5.97 Å². The van der Waals surface area contributed by atoms with Gasteiger partial charge in [0.05, 0.1) is 19.9 Å². The van der Waals surface area contributed by atoms with Crippen LogP contribution in [0.3, 0.4) is 0 Å². The van der Waals surface area contributed by atoms with Gasteiger partial charge in [-0.3, -0.25) is 4.79 Å². The maximum absolute atomic E-state index is 12.1. The Labute approximate surface area is 128 Å². The minimum Gasteiger partial charge on any atom is -0.497 e. The molecular weight excluding hydrogens is 294 g/mol. The lowest BCUT2D eigenvalue weighted by molar-refractivity contribution is -0.117. The van der Waals surface area contributed by atoms with Crippen molar-refractivity contribution in [2.24, 2.45) is 5.92 Å². The van der Waals surface area contributed by atoms with Crippen molar-refractivity contribution >= 4 is 30.2 Å². The van der Waals surface area contributed by atoms with E-state index >= 15 is 0 Å². The fourth-order valence-electron chi connectivity index (χ4n) is 2.42. The Balaban J connectivity index is 2.55. The number of rotatable bonds is 5. The molecule has 1 aromatic carbocycles. The Hall–Kier alpha value is -1.89. The van der Waals surface area contributed by atoms with E-state index in [1.165, 1.54) is 25.2 Å². The third-order valence-corrected chi connectivity index (χ3v) is 3.99. The molecule has 1 amide bonds. The third-order valence-electron chi connectivity index (χ3n) is 3.48. The molecule has 1 saturated heterocycles. The molecule has 0 aromatic heterocycles. The zero-order valence-electron chi connectivity index (χ0n) is 11.8. The standard InChI is InChI=1S/C14H17NO5S/c1-19-9-4-10(13(14(17)18)11(5-9)20-2)15-6-8(7-21)3-12(15)16/h4-5,8,21H,3,6-7H2,1-2H3,(H,17,18). The van der Waals surface area contributed by atoms with E-state index in [-0.39, 0.29) is 23.1 Å². The molecule has 1 heterocycles. The summed E-state index contributed by atoms with van der Waals surface area (Å²) in [6, 6.07) is 3.04. The summed E-state index contributed by atoms with van der Waals surface area (Å²) in [5, 5.41) is 9.44. The number of ether oxygens (including phenoxy) is 2. The second kappa shape index (κ2) is 6.26. The van der Waals surface area contributed by atoms with Crippen molar-refractivity contribution < 1.29 is 24.2 Å². The topological polar surface area (TPSA) is 76.1 Å². The molecule has 0 aliphatic carbocycles. The Morgan fingerprint density at radius 2 is 2.14 bits per heavy atom. The minimum absolute atomic E-state index is 0.0357. The van der Waals surface area contributed by atoms with Crippen molar-refractivity contribution in [3.8, 4) is 11.5 Å². The highest BCUT2D eigenvalue weighted by atomic mass is 32.1. The Bertz CT molecular complexity index is 575. The maximum Gasteiger partial charge on any atom is 0.341 e. The number of thiol groups is 1. The van der Waals surface area contributed by atoms with Crippen LogP contribution < -0.4 is 14.4 Å². The lowest BCUT2D eigenvalue weighted by Crippen LogP contribution is -2.27. The second-order valence-corrected chi connectivity index (χ2v) is 5.15. The fourth-order valence-corrected chi connectivity index (χ4v) is 2.66. The first-order chi connectivity index (χ1) is 10.0. The van der Waals surface area contributed by atoms with Gasteiger partial charge in [0.15, 0.2) is 0 Å². The Morgan fingerprint density at radius 3 is 2.62 bits per heavy atom. The molecule has 1 aliphatic rings. The van der Waals surface area contributed by atoms with E-state index in [0.29, 0.717) is 30.2 Å². The minimum atomic E-state index is -1.15. The second-order valence-electron chi connectivity index (χ2n) is 4.79. The van der Waals surface area contributed by atoms with Gasteiger partial charge in [0.25, 0.3) is 0 Å². The Morgan fingerprint density at radius 1 is 1.43 bits per heavy atom. The number of methoxy groups -OCH3 is 2. The van der Waals surface area contributed by atoms with Crippen LogP contribution in [0, 0.1) is 5.92 Å². The number of amides is 1. The first kappa shape index (κ1) is 15.5. The van der Waals surface area contributed by atoms with Crippen LogP contribution in [-0.2, 0) is 4.79 Å². The third kappa shape index (κ3) is 2.92. The summed E-state index contributed by atoms with van der Waals surface area (Å²) in [4.78, 5) is 25.1. The quantitative estimate of drug-likeness (QED) is 0.809.